The summed E-state index contributed by atoms with van der Waals surface area (Å²) in [6.07, 6.45) is 3.41. The van der Waals surface area contributed by atoms with Gasteiger partial charge in [-0.1, -0.05) is 29.8 Å². The number of nitrogens with zero attached hydrogens (tertiary/aromatic N) is 2. The first-order valence-corrected chi connectivity index (χ1v) is 6.51. The van der Waals surface area contributed by atoms with E-state index >= 15 is 0 Å². The Morgan fingerprint density at radius 3 is 2.61 bits per heavy atom. The van der Waals surface area contributed by atoms with E-state index in [9.17, 15) is 0 Å². The molecular formula is C13H17BrN2O2. The van der Waals surface area contributed by atoms with E-state index in [4.69, 9.17) is 9.84 Å². The van der Waals surface area contributed by atoms with Crippen LogP contribution in [0.15, 0.2) is 35.1 Å². The van der Waals surface area contributed by atoms with Gasteiger partial charge in [0.2, 0.25) is 0 Å². The lowest BCUT2D eigenvalue weighted by molar-refractivity contribution is 0.282. The second kappa shape index (κ2) is 7.18. The van der Waals surface area contributed by atoms with Gasteiger partial charge in [-0.3, -0.25) is 0 Å². The van der Waals surface area contributed by atoms with Crippen LogP contribution in [-0.4, -0.2) is 22.0 Å². The number of aliphatic hydroxyl groups is 1. The quantitative estimate of drug-likeness (QED) is 0.947. The molecule has 1 aromatic heterocycles. The number of methoxy groups -OCH3 is 1. The zero-order valence-electron chi connectivity index (χ0n) is 10.7. The Morgan fingerprint density at radius 2 is 2.06 bits per heavy atom. The summed E-state index contributed by atoms with van der Waals surface area (Å²) in [6.45, 7) is 3.99. The summed E-state index contributed by atoms with van der Waals surface area (Å²) >= 11 is 3.40. The summed E-state index contributed by atoms with van der Waals surface area (Å²) in [7, 11) is 1.62. The van der Waals surface area contributed by atoms with Gasteiger partial charge in [0.1, 0.15) is 5.75 Å². The van der Waals surface area contributed by atoms with Gasteiger partial charge in [-0.15, -0.1) is 0 Å². The first-order valence-electron chi connectivity index (χ1n) is 5.72. The summed E-state index contributed by atoms with van der Waals surface area (Å²) in [5.41, 5.74) is 1.66. The highest BCUT2D eigenvalue weighted by molar-refractivity contribution is 9.10. The molecule has 2 aromatic rings. The molecule has 0 atom stereocenters. The van der Waals surface area contributed by atoms with Crippen LogP contribution in [0, 0.1) is 0 Å². The largest absolute Gasteiger partial charge is 0.497 e. The summed E-state index contributed by atoms with van der Waals surface area (Å²) in [5, 5.41) is 13.1. The molecule has 0 saturated carbocycles. The number of halogens is 1. The van der Waals surface area contributed by atoms with E-state index in [1.807, 2.05) is 32.0 Å². The van der Waals surface area contributed by atoms with E-state index in [0.717, 1.165) is 21.5 Å². The number of benzene rings is 1. The van der Waals surface area contributed by atoms with E-state index in [2.05, 4.69) is 21.0 Å². The molecule has 1 N–H and O–H groups in total. The minimum Gasteiger partial charge on any atom is -0.497 e. The second-order valence-corrected chi connectivity index (χ2v) is 4.22. The van der Waals surface area contributed by atoms with E-state index in [-0.39, 0.29) is 6.61 Å². The van der Waals surface area contributed by atoms with Crippen LogP contribution in [0.4, 0.5) is 0 Å². The topological polar surface area (TPSA) is 47.3 Å². The molecular weight excluding hydrogens is 296 g/mol. The smallest absolute Gasteiger partial charge is 0.122 e. The third-order valence-electron chi connectivity index (χ3n) is 2.17. The van der Waals surface area contributed by atoms with Gasteiger partial charge in [0.25, 0.3) is 0 Å². The maximum atomic E-state index is 8.97. The highest BCUT2D eigenvalue weighted by Crippen LogP contribution is 2.23. The Kier molecular flexibility index (Phi) is 5.88. The van der Waals surface area contributed by atoms with Crippen molar-refractivity contribution in [1.82, 2.24) is 9.78 Å². The maximum Gasteiger partial charge on any atom is 0.122 e. The minimum absolute atomic E-state index is 0.00879. The van der Waals surface area contributed by atoms with Crippen LogP contribution >= 0.6 is 15.9 Å². The molecule has 2 rings (SSSR count). The zero-order chi connectivity index (χ0) is 13.5. The Bertz CT molecular complexity index is 497. The van der Waals surface area contributed by atoms with Crippen molar-refractivity contribution in [3.63, 3.8) is 0 Å². The van der Waals surface area contributed by atoms with Gasteiger partial charge in [0.05, 0.1) is 25.6 Å². The summed E-state index contributed by atoms with van der Waals surface area (Å²) < 4.78 is 7.78. The zero-order valence-corrected chi connectivity index (χ0v) is 12.3. The van der Waals surface area contributed by atoms with E-state index in [0.29, 0.717) is 0 Å². The Labute approximate surface area is 115 Å². The fourth-order valence-corrected chi connectivity index (χ4v) is 1.84. The maximum absolute atomic E-state index is 8.97. The molecule has 0 unspecified atom stereocenters. The third kappa shape index (κ3) is 3.58. The molecule has 1 aromatic carbocycles. The van der Waals surface area contributed by atoms with Crippen LogP contribution in [0.25, 0.3) is 5.69 Å². The van der Waals surface area contributed by atoms with Gasteiger partial charge < -0.3 is 9.84 Å². The molecule has 0 aliphatic rings. The first-order chi connectivity index (χ1) is 8.72. The first kappa shape index (κ1) is 14.7. The molecule has 0 aliphatic carbocycles. The summed E-state index contributed by atoms with van der Waals surface area (Å²) in [5.74, 6) is 0.755. The molecule has 0 radical (unpaired) electrons. The molecule has 0 fully saturated rings. The average Bonchev–Trinajstić information content (AvgIpc) is 2.89. The molecule has 0 bridgehead atoms. The summed E-state index contributed by atoms with van der Waals surface area (Å²) in [6, 6.07) is 5.68. The average molecular weight is 313 g/mol. The van der Waals surface area contributed by atoms with Crippen LogP contribution in [0.3, 0.4) is 0 Å². The Hall–Kier alpha value is -1.33. The number of aliphatic hydroxyl groups excluding tert-OH is 1. The standard InChI is InChI=1S/C11H11BrN2O2.C2H6/c1-16-11-3-9(12)2-10(4-11)14-6-8(7-15)5-13-14;1-2/h2-6,15H,7H2,1H3;1-2H3. The molecule has 0 aliphatic heterocycles. The van der Waals surface area contributed by atoms with Crippen molar-refractivity contribution in [1.29, 1.82) is 0 Å². The minimum atomic E-state index is -0.00879. The molecule has 0 spiro atoms. The number of hydrogen-bond acceptors (Lipinski definition) is 3. The van der Waals surface area contributed by atoms with Crippen molar-refractivity contribution in [2.24, 2.45) is 0 Å². The fraction of sp³-hybridized carbons (Fsp3) is 0.308. The highest BCUT2D eigenvalue weighted by atomic mass is 79.9. The van der Waals surface area contributed by atoms with Crippen molar-refractivity contribution >= 4 is 15.9 Å². The van der Waals surface area contributed by atoms with Crippen molar-refractivity contribution in [3.05, 3.63) is 40.6 Å². The summed E-state index contributed by atoms with van der Waals surface area (Å²) in [4.78, 5) is 0. The van der Waals surface area contributed by atoms with E-state index in [1.54, 1.807) is 24.2 Å². The predicted octanol–water partition coefficient (Wildman–Crippen LogP) is 3.16. The van der Waals surface area contributed by atoms with Crippen molar-refractivity contribution in [3.8, 4) is 11.4 Å². The van der Waals surface area contributed by atoms with E-state index < -0.39 is 0 Å². The van der Waals surface area contributed by atoms with Crippen molar-refractivity contribution in [2.75, 3.05) is 7.11 Å². The molecule has 0 saturated heterocycles. The SMILES string of the molecule is CC.COc1cc(Br)cc(-n2cc(CO)cn2)c1. The number of ether oxygens (including phenoxy) is 1. The molecule has 0 amide bonds. The van der Waals surface area contributed by atoms with Gasteiger partial charge >= 0.3 is 0 Å². The lowest BCUT2D eigenvalue weighted by Crippen LogP contribution is -1.95. The second-order valence-electron chi connectivity index (χ2n) is 3.30. The van der Waals surface area contributed by atoms with Crippen molar-refractivity contribution < 1.29 is 9.84 Å². The monoisotopic (exact) mass is 312 g/mol. The predicted molar refractivity (Wildman–Crippen MR) is 75.1 cm³/mol. The molecule has 4 nitrogen and oxygen atoms in total. The van der Waals surface area contributed by atoms with Gasteiger partial charge in [0, 0.05) is 22.3 Å². The van der Waals surface area contributed by atoms with Crippen LogP contribution in [0.1, 0.15) is 19.4 Å². The fourth-order valence-electron chi connectivity index (χ4n) is 1.38. The van der Waals surface area contributed by atoms with Crippen LogP contribution < -0.4 is 4.74 Å². The van der Waals surface area contributed by atoms with Gasteiger partial charge in [0.15, 0.2) is 0 Å². The van der Waals surface area contributed by atoms with Crippen molar-refractivity contribution in [2.45, 2.75) is 20.5 Å². The lowest BCUT2D eigenvalue weighted by atomic mass is 10.3. The van der Waals surface area contributed by atoms with Gasteiger partial charge in [-0.25, -0.2) is 4.68 Å². The van der Waals surface area contributed by atoms with Gasteiger partial charge in [-0.05, 0) is 12.1 Å². The molecule has 1 heterocycles. The molecule has 18 heavy (non-hydrogen) atoms. The third-order valence-corrected chi connectivity index (χ3v) is 2.63. The number of rotatable bonds is 3. The molecule has 5 heteroatoms. The number of hydrogen-bond donors (Lipinski definition) is 1. The number of aromatic nitrogens is 2. The molecule has 98 valence electrons. The highest BCUT2D eigenvalue weighted by Gasteiger charge is 2.03. The van der Waals surface area contributed by atoms with Crippen LogP contribution in [-0.2, 0) is 6.61 Å². The van der Waals surface area contributed by atoms with Gasteiger partial charge in [-0.2, -0.15) is 5.10 Å². The van der Waals surface area contributed by atoms with E-state index in [1.165, 1.54) is 0 Å². The lowest BCUT2D eigenvalue weighted by Gasteiger charge is -2.05. The normalized spacial score (nSPS) is 9.61. The van der Waals surface area contributed by atoms with Crippen LogP contribution in [0.2, 0.25) is 0 Å². The Morgan fingerprint density at radius 1 is 1.33 bits per heavy atom. The van der Waals surface area contributed by atoms with Crippen LogP contribution in [0.5, 0.6) is 5.75 Å². The Balaban J connectivity index is 0.000000771.